The van der Waals surface area contributed by atoms with E-state index < -0.39 is 0 Å². The Morgan fingerprint density at radius 1 is 1.00 bits per heavy atom. The van der Waals surface area contributed by atoms with Crippen LogP contribution in [0, 0.1) is 6.92 Å². The van der Waals surface area contributed by atoms with Crippen LogP contribution in [-0.2, 0) is 24.1 Å². The summed E-state index contributed by atoms with van der Waals surface area (Å²) in [4.78, 5) is 20.7. The average molecular weight is 345 g/mol. The molecule has 0 saturated heterocycles. The number of carbonyl (C=O) groups excluding carboxylic acids is 1. The molecule has 1 N–H and O–H groups in total. The molecule has 0 radical (unpaired) electrons. The van der Waals surface area contributed by atoms with Gasteiger partial charge in [-0.25, -0.2) is 0 Å². The van der Waals surface area contributed by atoms with E-state index in [-0.39, 0.29) is 12.3 Å². The molecule has 2 heterocycles. The van der Waals surface area contributed by atoms with Crippen molar-refractivity contribution in [3.8, 4) is 0 Å². The van der Waals surface area contributed by atoms with Crippen LogP contribution in [0.5, 0.6) is 0 Å². The Kier molecular flexibility index (Phi) is 6.09. The first-order valence-electron chi connectivity index (χ1n) is 8.85. The standard InChI is InChI=1S/C22H23N3O/c1-17-19(11-10-18-7-3-2-4-8-18)14-23-16-22(17)25-15-21(26)13-20-9-5-6-12-24-20/h2-9,12,14,16,25H,10-11,13,15H2,1H3. The van der Waals surface area contributed by atoms with Crippen LogP contribution in [0.2, 0.25) is 0 Å². The van der Waals surface area contributed by atoms with Crippen LogP contribution in [-0.4, -0.2) is 22.3 Å². The van der Waals surface area contributed by atoms with Gasteiger partial charge in [-0.2, -0.15) is 0 Å². The molecule has 0 amide bonds. The normalized spacial score (nSPS) is 10.5. The van der Waals surface area contributed by atoms with Gasteiger partial charge in [0.1, 0.15) is 0 Å². The van der Waals surface area contributed by atoms with Crippen LogP contribution < -0.4 is 5.32 Å². The third kappa shape index (κ3) is 4.99. The SMILES string of the molecule is Cc1c(CCc2ccccc2)cncc1NCC(=O)Cc1ccccn1. The second-order valence-electron chi connectivity index (χ2n) is 6.35. The first kappa shape index (κ1) is 17.8. The Hall–Kier alpha value is -3.01. The summed E-state index contributed by atoms with van der Waals surface area (Å²) in [6.45, 7) is 2.36. The van der Waals surface area contributed by atoms with Crippen molar-refractivity contribution in [3.05, 3.63) is 89.5 Å². The number of aromatic nitrogens is 2. The van der Waals surface area contributed by atoms with Crippen molar-refractivity contribution < 1.29 is 4.79 Å². The van der Waals surface area contributed by atoms with E-state index in [1.807, 2.05) is 30.5 Å². The molecule has 4 heteroatoms. The summed E-state index contributed by atoms with van der Waals surface area (Å²) in [5.74, 6) is 0.109. The number of nitrogens with one attached hydrogen (secondary N) is 1. The fourth-order valence-corrected chi connectivity index (χ4v) is 2.88. The van der Waals surface area contributed by atoms with E-state index in [1.165, 1.54) is 11.1 Å². The van der Waals surface area contributed by atoms with Crippen molar-refractivity contribution in [2.75, 3.05) is 11.9 Å². The molecular weight excluding hydrogens is 322 g/mol. The third-order valence-electron chi connectivity index (χ3n) is 4.43. The highest BCUT2D eigenvalue weighted by atomic mass is 16.1. The maximum Gasteiger partial charge on any atom is 0.157 e. The van der Waals surface area contributed by atoms with E-state index in [2.05, 4.69) is 46.5 Å². The van der Waals surface area contributed by atoms with Gasteiger partial charge in [0.05, 0.1) is 24.8 Å². The second kappa shape index (κ2) is 8.90. The molecule has 2 aromatic heterocycles. The van der Waals surface area contributed by atoms with Crippen LogP contribution in [0.3, 0.4) is 0 Å². The molecule has 0 aliphatic carbocycles. The van der Waals surface area contributed by atoms with Gasteiger partial charge in [-0.1, -0.05) is 36.4 Å². The highest BCUT2D eigenvalue weighted by molar-refractivity contribution is 5.84. The van der Waals surface area contributed by atoms with Gasteiger partial charge in [0.2, 0.25) is 0 Å². The highest BCUT2D eigenvalue weighted by Gasteiger charge is 2.08. The van der Waals surface area contributed by atoms with Crippen molar-refractivity contribution in [2.45, 2.75) is 26.2 Å². The topological polar surface area (TPSA) is 54.9 Å². The quantitative estimate of drug-likeness (QED) is 0.675. The number of hydrogen-bond acceptors (Lipinski definition) is 4. The summed E-state index contributed by atoms with van der Waals surface area (Å²) in [5.41, 5.74) is 5.39. The molecule has 0 saturated carbocycles. The van der Waals surface area contributed by atoms with Gasteiger partial charge < -0.3 is 5.32 Å². The molecule has 1 aromatic carbocycles. The van der Waals surface area contributed by atoms with Gasteiger partial charge in [-0.05, 0) is 48.6 Å². The summed E-state index contributed by atoms with van der Waals surface area (Å²) in [7, 11) is 0. The zero-order valence-electron chi connectivity index (χ0n) is 15.0. The number of carbonyl (C=O) groups is 1. The minimum Gasteiger partial charge on any atom is -0.376 e. The zero-order valence-corrected chi connectivity index (χ0v) is 15.0. The molecule has 0 spiro atoms. The number of ketones is 1. The lowest BCUT2D eigenvalue weighted by molar-refractivity contribution is -0.116. The highest BCUT2D eigenvalue weighted by Crippen LogP contribution is 2.19. The second-order valence-corrected chi connectivity index (χ2v) is 6.35. The van der Waals surface area contributed by atoms with E-state index in [0.717, 1.165) is 29.8 Å². The van der Waals surface area contributed by atoms with Crippen molar-refractivity contribution >= 4 is 11.5 Å². The first-order valence-corrected chi connectivity index (χ1v) is 8.85. The molecule has 0 aliphatic heterocycles. The summed E-state index contributed by atoms with van der Waals surface area (Å²) in [6.07, 6.45) is 7.66. The Morgan fingerprint density at radius 3 is 2.58 bits per heavy atom. The molecule has 0 bridgehead atoms. The maximum absolute atomic E-state index is 12.2. The van der Waals surface area contributed by atoms with E-state index in [0.29, 0.717) is 6.42 Å². The van der Waals surface area contributed by atoms with Crippen molar-refractivity contribution in [1.29, 1.82) is 0 Å². The van der Waals surface area contributed by atoms with Gasteiger partial charge in [0.15, 0.2) is 5.78 Å². The number of anilines is 1. The fourth-order valence-electron chi connectivity index (χ4n) is 2.88. The van der Waals surface area contributed by atoms with E-state index in [9.17, 15) is 4.79 Å². The molecule has 0 atom stereocenters. The first-order chi connectivity index (χ1) is 12.7. The number of rotatable bonds is 8. The third-order valence-corrected chi connectivity index (χ3v) is 4.43. The number of hydrogen-bond donors (Lipinski definition) is 1. The predicted octanol–water partition coefficient (Wildman–Crippen LogP) is 3.79. The van der Waals surface area contributed by atoms with Gasteiger partial charge in [0.25, 0.3) is 0 Å². The molecule has 132 valence electrons. The number of pyridine rings is 2. The molecule has 3 aromatic rings. The fraction of sp³-hybridized carbons (Fsp3) is 0.227. The summed E-state index contributed by atoms with van der Waals surface area (Å²) in [6, 6.07) is 16.0. The minimum atomic E-state index is 0.109. The lowest BCUT2D eigenvalue weighted by Gasteiger charge is -2.12. The molecule has 0 unspecified atom stereocenters. The van der Waals surface area contributed by atoms with Gasteiger partial charge in [-0.15, -0.1) is 0 Å². The smallest absolute Gasteiger partial charge is 0.157 e. The van der Waals surface area contributed by atoms with E-state index >= 15 is 0 Å². The van der Waals surface area contributed by atoms with Crippen LogP contribution >= 0.6 is 0 Å². The van der Waals surface area contributed by atoms with Crippen molar-refractivity contribution in [2.24, 2.45) is 0 Å². The average Bonchev–Trinajstić information content (AvgIpc) is 2.68. The summed E-state index contributed by atoms with van der Waals surface area (Å²) in [5, 5.41) is 3.23. The molecular formula is C22H23N3O. The Balaban J connectivity index is 1.57. The largest absolute Gasteiger partial charge is 0.376 e. The lowest BCUT2D eigenvalue weighted by Crippen LogP contribution is -2.17. The van der Waals surface area contributed by atoms with Gasteiger partial charge in [-0.3, -0.25) is 14.8 Å². The van der Waals surface area contributed by atoms with Gasteiger partial charge >= 0.3 is 0 Å². The Morgan fingerprint density at radius 2 is 1.81 bits per heavy atom. The number of nitrogens with zero attached hydrogens (tertiary/aromatic N) is 2. The van der Waals surface area contributed by atoms with Crippen LogP contribution in [0.25, 0.3) is 0 Å². The van der Waals surface area contributed by atoms with Crippen molar-refractivity contribution in [3.63, 3.8) is 0 Å². The van der Waals surface area contributed by atoms with E-state index in [4.69, 9.17) is 0 Å². The van der Waals surface area contributed by atoms with Crippen LogP contribution in [0.15, 0.2) is 67.1 Å². The predicted molar refractivity (Wildman–Crippen MR) is 104 cm³/mol. The number of aryl methyl sites for hydroxylation is 2. The zero-order chi connectivity index (χ0) is 18.2. The minimum absolute atomic E-state index is 0.109. The van der Waals surface area contributed by atoms with E-state index in [1.54, 1.807) is 12.4 Å². The number of Topliss-reactive ketones (excluding diaryl/α,β-unsaturated/α-hetero) is 1. The molecule has 0 fully saturated rings. The maximum atomic E-state index is 12.2. The van der Waals surface area contributed by atoms with Crippen molar-refractivity contribution in [1.82, 2.24) is 9.97 Å². The number of benzene rings is 1. The monoisotopic (exact) mass is 345 g/mol. The van der Waals surface area contributed by atoms with Crippen LogP contribution in [0.4, 0.5) is 5.69 Å². The molecule has 3 rings (SSSR count). The Bertz CT molecular complexity index is 848. The Labute approximate surface area is 154 Å². The van der Waals surface area contributed by atoms with Gasteiger partial charge in [0, 0.05) is 18.1 Å². The molecule has 0 aliphatic rings. The molecule has 26 heavy (non-hydrogen) atoms. The molecule has 4 nitrogen and oxygen atoms in total. The lowest BCUT2D eigenvalue weighted by atomic mass is 10.0. The summed E-state index contributed by atoms with van der Waals surface area (Å²) >= 11 is 0. The summed E-state index contributed by atoms with van der Waals surface area (Å²) < 4.78 is 0. The van der Waals surface area contributed by atoms with Crippen LogP contribution in [0.1, 0.15) is 22.4 Å².